The van der Waals surface area contributed by atoms with Crippen LogP contribution in [0.1, 0.15) is 25.6 Å². The van der Waals surface area contributed by atoms with Gasteiger partial charge in [-0.2, -0.15) is 0 Å². The summed E-state index contributed by atoms with van der Waals surface area (Å²) in [6.07, 6.45) is 1.55. The number of benzene rings is 1. The van der Waals surface area contributed by atoms with Crippen molar-refractivity contribution in [3.8, 4) is 0 Å². The number of hydrogen-bond acceptors (Lipinski definition) is 3. The lowest BCUT2D eigenvalue weighted by Crippen LogP contribution is -2.41. The lowest BCUT2D eigenvalue weighted by atomic mass is 10.1. The van der Waals surface area contributed by atoms with Gasteiger partial charge in [0.15, 0.2) is 0 Å². The predicted octanol–water partition coefficient (Wildman–Crippen LogP) is 1.27. The third kappa shape index (κ3) is 3.04. The highest BCUT2D eigenvalue weighted by molar-refractivity contribution is 7.84. The molecule has 1 aromatic carbocycles. The molecule has 0 aliphatic carbocycles. The largest absolute Gasteiger partial charge is 0.318 e. The van der Waals surface area contributed by atoms with Crippen LogP contribution in [-0.2, 0) is 15.6 Å². The molecular formula is C14H20N2O2S. The molecule has 0 spiro atoms. The van der Waals surface area contributed by atoms with Gasteiger partial charge in [0.05, 0.1) is 6.04 Å². The van der Waals surface area contributed by atoms with Crippen LogP contribution in [0, 0.1) is 0 Å². The van der Waals surface area contributed by atoms with Crippen LogP contribution in [0.4, 0.5) is 0 Å². The van der Waals surface area contributed by atoms with Crippen molar-refractivity contribution < 1.29 is 9.00 Å². The Morgan fingerprint density at radius 2 is 2.00 bits per heavy atom. The minimum Gasteiger partial charge on any atom is -0.318 e. The monoisotopic (exact) mass is 280 g/mol. The van der Waals surface area contributed by atoms with Crippen molar-refractivity contribution >= 4 is 16.7 Å². The number of nitrogens with zero attached hydrogens (tertiary/aromatic N) is 1. The molecule has 1 aromatic rings. The molecular weight excluding hydrogens is 260 g/mol. The van der Waals surface area contributed by atoms with Gasteiger partial charge in [-0.3, -0.25) is 14.3 Å². The zero-order chi connectivity index (χ0) is 14.0. The maximum atomic E-state index is 12.3. The second-order valence-electron chi connectivity index (χ2n) is 5.04. The highest BCUT2D eigenvalue weighted by Crippen LogP contribution is 2.27. The number of carbonyl (C=O) groups is 1. The van der Waals surface area contributed by atoms with E-state index in [0.29, 0.717) is 5.75 Å². The Bertz CT molecular complexity index is 478. The summed E-state index contributed by atoms with van der Waals surface area (Å²) in [5.41, 5.74) is 1.06. The molecule has 19 heavy (non-hydrogen) atoms. The third-order valence-electron chi connectivity index (χ3n) is 3.38. The van der Waals surface area contributed by atoms with E-state index >= 15 is 0 Å². The van der Waals surface area contributed by atoms with Gasteiger partial charge in [-0.05, 0) is 19.4 Å². The van der Waals surface area contributed by atoms with Gasteiger partial charge in [-0.15, -0.1) is 0 Å². The SMILES string of the molecule is CC1NC(c2ccccc2)N(C(C)CS(C)=O)C1=O. The molecule has 2 rings (SSSR count). The van der Waals surface area contributed by atoms with Crippen molar-refractivity contribution in [3.63, 3.8) is 0 Å². The van der Waals surface area contributed by atoms with E-state index in [0.717, 1.165) is 5.56 Å². The van der Waals surface area contributed by atoms with Crippen LogP contribution >= 0.6 is 0 Å². The molecule has 0 bridgehead atoms. The molecule has 4 nitrogen and oxygen atoms in total. The van der Waals surface area contributed by atoms with Gasteiger partial charge in [0, 0.05) is 28.9 Å². The minimum atomic E-state index is -0.911. The van der Waals surface area contributed by atoms with Crippen molar-refractivity contribution in [2.45, 2.75) is 32.1 Å². The number of amides is 1. The molecule has 104 valence electrons. The Morgan fingerprint density at radius 3 is 2.58 bits per heavy atom. The maximum Gasteiger partial charge on any atom is 0.241 e. The predicted molar refractivity (Wildman–Crippen MR) is 77.0 cm³/mol. The lowest BCUT2D eigenvalue weighted by Gasteiger charge is -2.30. The van der Waals surface area contributed by atoms with E-state index < -0.39 is 10.8 Å². The van der Waals surface area contributed by atoms with Crippen LogP contribution in [0.5, 0.6) is 0 Å². The smallest absolute Gasteiger partial charge is 0.241 e. The molecule has 1 fully saturated rings. The van der Waals surface area contributed by atoms with Gasteiger partial charge in [-0.25, -0.2) is 0 Å². The summed E-state index contributed by atoms with van der Waals surface area (Å²) < 4.78 is 11.4. The molecule has 1 aliphatic rings. The van der Waals surface area contributed by atoms with Crippen LogP contribution in [-0.4, -0.2) is 39.1 Å². The van der Waals surface area contributed by atoms with Gasteiger partial charge in [0.25, 0.3) is 0 Å². The normalized spacial score (nSPS) is 26.5. The number of rotatable bonds is 4. The molecule has 0 saturated carbocycles. The van der Waals surface area contributed by atoms with E-state index in [1.165, 1.54) is 0 Å². The van der Waals surface area contributed by atoms with Gasteiger partial charge < -0.3 is 4.90 Å². The molecule has 5 heteroatoms. The van der Waals surface area contributed by atoms with Crippen molar-refractivity contribution in [2.24, 2.45) is 0 Å². The fourth-order valence-corrected chi connectivity index (χ4v) is 3.36. The fraction of sp³-hybridized carbons (Fsp3) is 0.500. The van der Waals surface area contributed by atoms with E-state index in [1.54, 1.807) is 6.26 Å². The first kappa shape index (κ1) is 14.2. The second-order valence-corrected chi connectivity index (χ2v) is 6.52. The van der Waals surface area contributed by atoms with E-state index in [1.807, 2.05) is 49.1 Å². The number of carbonyl (C=O) groups excluding carboxylic acids is 1. The van der Waals surface area contributed by atoms with Gasteiger partial charge in [0.2, 0.25) is 5.91 Å². The van der Waals surface area contributed by atoms with Crippen LogP contribution in [0.3, 0.4) is 0 Å². The zero-order valence-electron chi connectivity index (χ0n) is 11.5. The van der Waals surface area contributed by atoms with E-state index in [4.69, 9.17) is 0 Å². The first-order chi connectivity index (χ1) is 9.00. The molecule has 1 amide bonds. The van der Waals surface area contributed by atoms with Crippen LogP contribution < -0.4 is 5.32 Å². The van der Waals surface area contributed by atoms with Crippen molar-refractivity contribution in [1.82, 2.24) is 10.2 Å². The molecule has 1 aliphatic heterocycles. The Labute approximate surface area is 116 Å². The number of nitrogens with one attached hydrogen (secondary N) is 1. The fourth-order valence-electron chi connectivity index (χ4n) is 2.52. The summed E-state index contributed by atoms with van der Waals surface area (Å²) in [5, 5.41) is 3.30. The minimum absolute atomic E-state index is 0.0408. The quantitative estimate of drug-likeness (QED) is 0.903. The highest BCUT2D eigenvalue weighted by atomic mass is 32.2. The second kappa shape index (κ2) is 5.84. The van der Waals surface area contributed by atoms with Crippen molar-refractivity contribution in [2.75, 3.05) is 12.0 Å². The molecule has 1 saturated heterocycles. The Balaban J connectivity index is 2.26. The Kier molecular flexibility index (Phi) is 4.37. The van der Waals surface area contributed by atoms with Gasteiger partial charge in [-0.1, -0.05) is 30.3 Å². The average molecular weight is 280 g/mol. The molecule has 1 heterocycles. The summed E-state index contributed by atoms with van der Waals surface area (Å²) in [6.45, 7) is 3.82. The first-order valence-electron chi connectivity index (χ1n) is 6.44. The van der Waals surface area contributed by atoms with Crippen LogP contribution in [0.2, 0.25) is 0 Å². The van der Waals surface area contributed by atoms with Gasteiger partial charge >= 0.3 is 0 Å². The Hall–Kier alpha value is -1.20. The summed E-state index contributed by atoms with van der Waals surface area (Å²) in [7, 11) is -0.911. The van der Waals surface area contributed by atoms with Gasteiger partial charge in [0.1, 0.15) is 6.17 Å². The summed E-state index contributed by atoms with van der Waals surface area (Å²) in [5.74, 6) is 0.579. The Morgan fingerprint density at radius 1 is 1.37 bits per heavy atom. The third-order valence-corrected chi connectivity index (χ3v) is 4.33. The molecule has 4 unspecified atom stereocenters. The lowest BCUT2D eigenvalue weighted by molar-refractivity contribution is -0.131. The van der Waals surface area contributed by atoms with E-state index in [9.17, 15) is 9.00 Å². The van der Waals surface area contributed by atoms with Crippen LogP contribution in [0.25, 0.3) is 0 Å². The molecule has 4 atom stereocenters. The molecule has 0 radical (unpaired) electrons. The standard InChI is InChI=1S/C14H20N2O2S/c1-10(9-19(3)18)16-13(15-11(2)14(16)17)12-7-5-4-6-8-12/h4-8,10-11,13,15H,9H2,1-3H3. The average Bonchev–Trinajstić information content (AvgIpc) is 2.66. The number of hydrogen-bond donors (Lipinski definition) is 1. The van der Waals surface area contributed by atoms with Crippen LogP contribution in [0.15, 0.2) is 30.3 Å². The summed E-state index contributed by atoms with van der Waals surface area (Å²) in [6, 6.07) is 9.66. The molecule has 0 aromatic heterocycles. The van der Waals surface area contributed by atoms with E-state index in [-0.39, 0.29) is 24.2 Å². The summed E-state index contributed by atoms with van der Waals surface area (Å²) >= 11 is 0. The topological polar surface area (TPSA) is 49.4 Å². The zero-order valence-corrected chi connectivity index (χ0v) is 12.3. The molecule has 1 N–H and O–H groups in total. The van der Waals surface area contributed by atoms with Crippen molar-refractivity contribution in [3.05, 3.63) is 35.9 Å². The maximum absolute atomic E-state index is 12.3. The first-order valence-corrected chi connectivity index (χ1v) is 8.16. The highest BCUT2D eigenvalue weighted by Gasteiger charge is 2.39. The summed E-state index contributed by atoms with van der Waals surface area (Å²) in [4.78, 5) is 14.1. The van der Waals surface area contributed by atoms with E-state index in [2.05, 4.69) is 5.32 Å². The van der Waals surface area contributed by atoms with Crippen molar-refractivity contribution in [1.29, 1.82) is 0 Å².